The topological polar surface area (TPSA) is 113 Å². The lowest BCUT2D eigenvalue weighted by Crippen LogP contribution is -2.24. The second kappa shape index (κ2) is 9.18. The fraction of sp³-hybridized carbons (Fsp3) is 0.263. The van der Waals surface area contributed by atoms with Crippen LogP contribution in [0.25, 0.3) is 0 Å². The molecule has 0 saturated carbocycles. The average Bonchev–Trinajstić information content (AvgIpc) is 2.63. The third-order valence-corrected chi connectivity index (χ3v) is 5.23. The van der Waals surface area contributed by atoms with E-state index in [0.29, 0.717) is 30.6 Å². The molecule has 0 aliphatic heterocycles. The molecule has 144 valence electrons. The molecular weight excluding hydrogens is 368 g/mol. The normalized spacial score (nSPS) is 11.0. The molecule has 0 aliphatic rings. The summed E-state index contributed by atoms with van der Waals surface area (Å²) in [6.45, 7) is 2.27. The maximum atomic E-state index is 12.4. The van der Waals surface area contributed by atoms with Crippen molar-refractivity contribution in [3.63, 3.8) is 0 Å². The van der Waals surface area contributed by atoms with E-state index in [1.807, 2.05) is 19.1 Å². The average molecular weight is 390 g/mol. The van der Waals surface area contributed by atoms with Crippen LogP contribution in [0, 0.1) is 6.92 Å². The van der Waals surface area contributed by atoms with Crippen molar-refractivity contribution in [1.29, 1.82) is 0 Å². The summed E-state index contributed by atoms with van der Waals surface area (Å²) >= 11 is 0. The zero-order chi connectivity index (χ0) is 19.9. The van der Waals surface area contributed by atoms with Gasteiger partial charge in [-0.3, -0.25) is 14.3 Å². The monoisotopic (exact) mass is 390 g/mol. The molecule has 1 amide bonds. The van der Waals surface area contributed by atoms with Crippen LogP contribution in [0.5, 0.6) is 0 Å². The summed E-state index contributed by atoms with van der Waals surface area (Å²) in [7, 11) is -3.74. The Morgan fingerprint density at radius 1 is 0.963 bits per heavy atom. The number of aliphatic carboxylic acids is 1. The molecule has 8 heteroatoms. The highest BCUT2D eigenvalue weighted by molar-refractivity contribution is 7.92. The molecule has 0 atom stereocenters. The van der Waals surface area contributed by atoms with Gasteiger partial charge in [-0.1, -0.05) is 17.7 Å². The third-order valence-electron chi connectivity index (χ3n) is 3.83. The summed E-state index contributed by atoms with van der Waals surface area (Å²) < 4.78 is 27.3. The Morgan fingerprint density at radius 2 is 1.59 bits per heavy atom. The zero-order valence-corrected chi connectivity index (χ0v) is 15.8. The first-order chi connectivity index (χ1) is 12.8. The van der Waals surface area contributed by atoms with Gasteiger partial charge in [0.2, 0.25) is 0 Å². The summed E-state index contributed by atoms with van der Waals surface area (Å²) in [6, 6.07) is 12.6. The maximum absolute atomic E-state index is 12.4. The minimum absolute atomic E-state index is 0.0566. The van der Waals surface area contributed by atoms with E-state index in [9.17, 15) is 18.0 Å². The Morgan fingerprint density at radius 3 is 2.19 bits per heavy atom. The standard InChI is InChI=1S/C19H22N2O5S/c1-14-5-9-16(10-6-14)21-27(25,26)17-11-7-15(8-12-17)19(24)20-13-3-2-4-18(22)23/h5-12,21H,2-4,13H2,1H3,(H,20,24)(H,22,23). The van der Waals surface area contributed by atoms with E-state index in [2.05, 4.69) is 10.0 Å². The lowest BCUT2D eigenvalue weighted by atomic mass is 10.2. The number of unbranched alkanes of at least 4 members (excludes halogenated alkanes) is 1. The van der Waals surface area contributed by atoms with Gasteiger partial charge in [0.25, 0.3) is 15.9 Å². The summed E-state index contributed by atoms with van der Waals surface area (Å²) in [5.74, 6) is -1.20. The first-order valence-corrected chi connectivity index (χ1v) is 9.96. The molecule has 2 aromatic carbocycles. The van der Waals surface area contributed by atoms with Crippen molar-refractivity contribution in [2.75, 3.05) is 11.3 Å². The number of carboxylic acid groups (broad SMARTS) is 1. The van der Waals surface area contributed by atoms with Crippen LogP contribution in [-0.4, -0.2) is 31.9 Å². The molecule has 0 radical (unpaired) electrons. The molecule has 0 heterocycles. The minimum atomic E-state index is -3.74. The fourth-order valence-corrected chi connectivity index (χ4v) is 3.38. The van der Waals surface area contributed by atoms with Crippen LogP contribution in [0.3, 0.4) is 0 Å². The molecule has 0 bridgehead atoms. The van der Waals surface area contributed by atoms with Crippen molar-refractivity contribution >= 4 is 27.6 Å². The number of aryl methyl sites for hydroxylation is 1. The van der Waals surface area contributed by atoms with Crippen LogP contribution in [0.15, 0.2) is 53.4 Å². The number of hydrogen-bond acceptors (Lipinski definition) is 4. The molecule has 0 spiro atoms. The highest BCUT2D eigenvalue weighted by Crippen LogP contribution is 2.17. The number of nitrogens with one attached hydrogen (secondary N) is 2. The maximum Gasteiger partial charge on any atom is 0.303 e. The largest absolute Gasteiger partial charge is 0.481 e. The summed E-state index contributed by atoms with van der Waals surface area (Å²) in [5.41, 5.74) is 1.82. The van der Waals surface area contributed by atoms with Gasteiger partial charge in [0, 0.05) is 24.2 Å². The van der Waals surface area contributed by atoms with Crippen LogP contribution in [0.2, 0.25) is 0 Å². The number of carbonyl (C=O) groups is 2. The van der Waals surface area contributed by atoms with Crippen molar-refractivity contribution in [3.8, 4) is 0 Å². The Bertz CT molecular complexity index is 891. The Balaban J connectivity index is 1.94. The molecular formula is C19H22N2O5S. The van der Waals surface area contributed by atoms with Gasteiger partial charge in [-0.25, -0.2) is 8.42 Å². The fourth-order valence-electron chi connectivity index (χ4n) is 2.33. The molecule has 0 fully saturated rings. The second-order valence-electron chi connectivity index (χ2n) is 6.10. The van der Waals surface area contributed by atoms with Crippen LogP contribution in [0.1, 0.15) is 35.2 Å². The predicted molar refractivity (Wildman–Crippen MR) is 102 cm³/mol. The molecule has 0 unspecified atom stereocenters. The Kier molecular flexibility index (Phi) is 6.95. The van der Waals surface area contributed by atoms with E-state index in [1.165, 1.54) is 24.3 Å². The van der Waals surface area contributed by atoms with Crippen molar-refractivity contribution < 1.29 is 23.1 Å². The number of amides is 1. The highest BCUT2D eigenvalue weighted by Gasteiger charge is 2.15. The van der Waals surface area contributed by atoms with Crippen LogP contribution in [-0.2, 0) is 14.8 Å². The third kappa shape index (κ3) is 6.41. The molecule has 3 N–H and O–H groups in total. The summed E-state index contributed by atoms with van der Waals surface area (Å²) in [5, 5.41) is 11.2. The Hall–Kier alpha value is -2.87. The van der Waals surface area contributed by atoms with Gasteiger partial charge in [-0.05, 0) is 56.2 Å². The molecule has 0 saturated heterocycles. The molecule has 2 rings (SSSR count). The van der Waals surface area contributed by atoms with Crippen LogP contribution >= 0.6 is 0 Å². The molecule has 27 heavy (non-hydrogen) atoms. The quantitative estimate of drug-likeness (QED) is 0.570. The smallest absolute Gasteiger partial charge is 0.303 e. The highest BCUT2D eigenvalue weighted by atomic mass is 32.2. The number of hydrogen-bond donors (Lipinski definition) is 3. The van der Waals surface area contributed by atoms with Crippen molar-refractivity contribution in [2.45, 2.75) is 31.1 Å². The summed E-state index contributed by atoms with van der Waals surface area (Å²) in [4.78, 5) is 22.5. The van der Waals surface area contributed by atoms with Gasteiger partial charge in [0.1, 0.15) is 0 Å². The van der Waals surface area contributed by atoms with Gasteiger partial charge in [-0.15, -0.1) is 0 Å². The van der Waals surface area contributed by atoms with E-state index < -0.39 is 16.0 Å². The number of sulfonamides is 1. The molecule has 0 aliphatic carbocycles. The SMILES string of the molecule is Cc1ccc(NS(=O)(=O)c2ccc(C(=O)NCCCCC(=O)O)cc2)cc1. The van der Waals surface area contributed by atoms with Crippen molar-refractivity contribution in [1.82, 2.24) is 5.32 Å². The van der Waals surface area contributed by atoms with Gasteiger partial charge < -0.3 is 10.4 Å². The minimum Gasteiger partial charge on any atom is -0.481 e. The lowest BCUT2D eigenvalue weighted by molar-refractivity contribution is -0.137. The van der Waals surface area contributed by atoms with Gasteiger partial charge in [0.05, 0.1) is 4.90 Å². The molecule has 7 nitrogen and oxygen atoms in total. The van der Waals surface area contributed by atoms with Gasteiger partial charge in [-0.2, -0.15) is 0 Å². The van der Waals surface area contributed by atoms with Crippen LogP contribution in [0.4, 0.5) is 5.69 Å². The number of carboxylic acids is 1. The summed E-state index contributed by atoms with van der Waals surface area (Å²) in [6.07, 6.45) is 1.11. The number of carbonyl (C=O) groups excluding carboxylic acids is 1. The number of rotatable bonds is 9. The first kappa shape index (κ1) is 20.4. The zero-order valence-electron chi connectivity index (χ0n) is 14.9. The second-order valence-corrected chi connectivity index (χ2v) is 7.79. The van der Waals surface area contributed by atoms with Crippen molar-refractivity contribution in [3.05, 3.63) is 59.7 Å². The predicted octanol–water partition coefficient (Wildman–Crippen LogP) is 2.78. The lowest BCUT2D eigenvalue weighted by Gasteiger charge is -2.09. The van der Waals surface area contributed by atoms with E-state index in [1.54, 1.807) is 12.1 Å². The van der Waals surface area contributed by atoms with E-state index in [4.69, 9.17) is 5.11 Å². The van der Waals surface area contributed by atoms with Crippen molar-refractivity contribution in [2.24, 2.45) is 0 Å². The van der Waals surface area contributed by atoms with Crippen LogP contribution < -0.4 is 10.0 Å². The number of anilines is 1. The Labute approximate surface area is 158 Å². The molecule has 0 aromatic heterocycles. The van der Waals surface area contributed by atoms with Gasteiger partial charge >= 0.3 is 5.97 Å². The van der Waals surface area contributed by atoms with Gasteiger partial charge in [0.15, 0.2) is 0 Å². The number of benzene rings is 2. The van der Waals surface area contributed by atoms with E-state index >= 15 is 0 Å². The van der Waals surface area contributed by atoms with E-state index in [0.717, 1.165) is 5.56 Å². The molecule has 2 aromatic rings. The van der Waals surface area contributed by atoms with E-state index in [-0.39, 0.29) is 17.2 Å². The first-order valence-electron chi connectivity index (χ1n) is 8.47.